The first-order valence-electron chi connectivity index (χ1n) is 7.80. The Balaban J connectivity index is 1.98. The van der Waals surface area contributed by atoms with Crippen molar-refractivity contribution < 1.29 is 14.6 Å². The van der Waals surface area contributed by atoms with Crippen LogP contribution < -0.4 is 10.6 Å². The second kappa shape index (κ2) is 7.83. The van der Waals surface area contributed by atoms with E-state index in [9.17, 15) is 9.90 Å². The van der Waals surface area contributed by atoms with Crippen molar-refractivity contribution in [3.8, 4) is 11.4 Å². The number of nitrogens with zero attached hydrogens (tertiary/aromatic N) is 3. The summed E-state index contributed by atoms with van der Waals surface area (Å²) in [5.41, 5.74) is 1.99. The molecule has 0 aromatic carbocycles. The number of aliphatic hydroxyl groups excluding tert-OH is 1. The molecule has 3 heterocycles. The zero-order valence-corrected chi connectivity index (χ0v) is 14.3. The number of hydrogen-bond donors (Lipinski definition) is 3. The zero-order valence-electron chi connectivity index (χ0n) is 13.6. The molecule has 2 atom stereocenters. The second-order valence-corrected chi connectivity index (χ2v) is 5.90. The van der Waals surface area contributed by atoms with Gasteiger partial charge in [-0.3, -0.25) is 4.79 Å². The molecule has 1 aliphatic heterocycles. The lowest BCUT2D eigenvalue weighted by Crippen LogP contribution is -2.45. The largest absolute Gasteiger partial charge is 0.395 e. The molecule has 0 radical (unpaired) electrons. The molecule has 9 heteroatoms. The van der Waals surface area contributed by atoms with Gasteiger partial charge in [0.05, 0.1) is 30.6 Å². The molecule has 0 spiro atoms. The minimum atomic E-state index is -0.349. The van der Waals surface area contributed by atoms with Crippen molar-refractivity contribution >= 4 is 17.5 Å². The van der Waals surface area contributed by atoms with Gasteiger partial charge in [0.1, 0.15) is 23.3 Å². The molecule has 0 unspecified atom stereocenters. The molecule has 8 nitrogen and oxygen atoms in total. The Morgan fingerprint density at radius 1 is 1.40 bits per heavy atom. The van der Waals surface area contributed by atoms with Crippen LogP contribution in [0.2, 0.25) is 5.15 Å². The Labute approximate surface area is 149 Å². The normalized spacial score (nSPS) is 20.3. The number of ether oxygens (including phenoxy) is 1. The average Bonchev–Trinajstić information content (AvgIpc) is 2.67. The number of carbonyl (C=O) groups excluding carboxylic acids is 1. The van der Waals surface area contributed by atoms with E-state index in [2.05, 4.69) is 25.6 Å². The Kier molecular flexibility index (Phi) is 5.54. The van der Waals surface area contributed by atoms with Crippen LogP contribution in [-0.4, -0.2) is 58.8 Å². The topological polar surface area (TPSA) is 109 Å². The maximum Gasteiger partial charge on any atom is 0.269 e. The highest BCUT2D eigenvalue weighted by Crippen LogP contribution is 2.29. The molecule has 132 valence electrons. The highest BCUT2D eigenvalue weighted by molar-refractivity contribution is 6.29. The van der Waals surface area contributed by atoms with Gasteiger partial charge in [-0.2, -0.15) is 0 Å². The Morgan fingerprint density at radius 2 is 2.24 bits per heavy atom. The summed E-state index contributed by atoms with van der Waals surface area (Å²) in [4.78, 5) is 24.2. The van der Waals surface area contributed by atoms with Crippen molar-refractivity contribution in [1.29, 1.82) is 0 Å². The van der Waals surface area contributed by atoms with Crippen molar-refractivity contribution in [2.45, 2.75) is 12.1 Å². The molecule has 0 bridgehead atoms. The summed E-state index contributed by atoms with van der Waals surface area (Å²) in [7, 11) is 1.53. The molecule has 3 N–H and O–H groups in total. The van der Waals surface area contributed by atoms with E-state index in [1.807, 2.05) is 0 Å². The summed E-state index contributed by atoms with van der Waals surface area (Å²) in [5.74, 6) is -0.314. The van der Waals surface area contributed by atoms with Gasteiger partial charge in [0, 0.05) is 13.6 Å². The third kappa shape index (κ3) is 3.93. The molecule has 1 aliphatic rings. The fourth-order valence-electron chi connectivity index (χ4n) is 2.70. The molecular formula is C16H18ClN5O3. The van der Waals surface area contributed by atoms with Crippen molar-refractivity contribution in [3.63, 3.8) is 0 Å². The van der Waals surface area contributed by atoms with E-state index in [1.165, 1.54) is 13.4 Å². The van der Waals surface area contributed by atoms with Crippen LogP contribution >= 0.6 is 11.6 Å². The monoisotopic (exact) mass is 363 g/mol. The van der Waals surface area contributed by atoms with E-state index in [1.54, 1.807) is 18.2 Å². The number of rotatable bonds is 4. The van der Waals surface area contributed by atoms with Gasteiger partial charge in [-0.1, -0.05) is 11.6 Å². The van der Waals surface area contributed by atoms with Crippen LogP contribution in [-0.2, 0) is 4.74 Å². The lowest BCUT2D eigenvalue weighted by atomic mass is 10.0. The molecule has 25 heavy (non-hydrogen) atoms. The van der Waals surface area contributed by atoms with E-state index < -0.39 is 0 Å². The molecular weight excluding hydrogens is 346 g/mol. The first-order valence-corrected chi connectivity index (χ1v) is 8.18. The van der Waals surface area contributed by atoms with Crippen LogP contribution in [0.5, 0.6) is 0 Å². The van der Waals surface area contributed by atoms with Gasteiger partial charge in [0.25, 0.3) is 5.91 Å². The first kappa shape index (κ1) is 17.7. The molecule has 0 saturated carbocycles. The van der Waals surface area contributed by atoms with Gasteiger partial charge < -0.3 is 20.5 Å². The predicted octanol–water partition coefficient (Wildman–Crippen LogP) is 0.573. The van der Waals surface area contributed by atoms with Crippen LogP contribution in [0.25, 0.3) is 11.4 Å². The summed E-state index contributed by atoms with van der Waals surface area (Å²) < 4.78 is 5.79. The highest BCUT2D eigenvalue weighted by atomic mass is 35.5. The van der Waals surface area contributed by atoms with Crippen LogP contribution in [0.3, 0.4) is 0 Å². The van der Waals surface area contributed by atoms with Crippen LogP contribution in [0.1, 0.15) is 22.2 Å². The highest BCUT2D eigenvalue weighted by Gasteiger charge is 2.27. The predicted molar refractivity (Wildman–Crippen MR) is 91.2 cm³/mol. The maximum atomic E-state index is 11.8. The molecule has 0 aliphatic carbocycles. The number of amides is 1. The van der Waals surface area contributed by atoms with Crippen molar-refractivity contribution in [2.24, 2.45) is 0 Å². The summed E-state index contributed by atoms with van der Waals surface area (Å²) in [6.07, 6.45) is 0.954. The van der Waals surface area contributed by atoms with E-state index in [0.717, 1.165) is 5.56 Å². The Bertz CT molecular complexity index is 773. The summed E-state index contributed by atoms with van der Waals surface area (Å²) in [6.45, 7) is 1.15. The van der Waals surface area contributed by atoms with Gasteiger partial charge in [0.15, 0.2) is 0 Å². The van der Waals surface area contributed by atoms with E-state index in [4.69, 9.17) is 16.3 Å². The molecule has 1 amide bonds. The Hall–Kier alpha value is -2.13. The number of morpholine rings is 1. The van der Waals surface area contributed by atoms with Crippen LogP contribution in [0, 0.1) is 0 Å². The van der Waals surface area contributed by atoms with Gasteiger partial charge in [-0.15, -0.1) is 0 Å². The third-order valence-corrected chi connectivity index (χ3v) is 4.10. The van der Waals surface area contributed by atoms with Crippen LogP contribution in [0.4, 0.5) is 0 Å². The summed E-state index contributed by atoms with van der Waals surface area (Å²) >= 11 is 6.17. The lowest BCUT2D eigenvalue weighted by Gasteiger charge is -2.32. The lowest BCUT2D eigenvalue weighted by molar-refractivity contribution is -0.0210. The molecule has 2 aromatic rings. The van der Waals surface area contributed by atoms with Crippen molar-refractivity contribution in [1.82, 2.24) is 25.6 Å². The SMILES string of the molecule is CNC(=O)c1cc(-c2cc([C@H]3OCCN[C@@H]3CO)cc(Cl)n2)ncn1. The molecule has 3 rings (SSSR count). The molecule has 2 aromatic heterocycles. The number of hydrogen-bond acceptors (Lipinski definition) is 7. The second-order valence-electron chi connectivity index (χ2n) is 5.51. The smallest absolute Gasteiger partial charge is 0.269 e. The summed E-state index contributed by atoms with van der Waals surface area (Å²) in [5, 5.41) is 15.5. The summed E-state index contributed by atoms with van der Waals surface area (Å²) in [6, 6.07) is 4.81. The number of aliphatic hydroxyl groups is 1. The fraction of sp³-hybridized carbons (Fsp3) is 0.375. The number of pyridine rings is 1. The average molecular weight is 364 g/mol. The molecule has 1 saturated heterocycles. The minimum absolute atomic E-state index is 0.0612. The van der Waals surface area contributed by atoms with Crippen LogP contribution in [0.15, 0.2) is 24.5 Å². The quantitative estimate of drug-likeness (QED) is 0.681. The first-order chi connectivity index (χ1) is 12.1. The molecule has 1 fully saturated rings. The van der Waals surface area contributed by atoms with Gasteiger partial charge in [0.2, 0.25) is 0 Å². The number of carbonyl (C=O) groups is 1. The Morgan fingerprint density at radius 3 is 3.00 bits per heavy atom. The third-order valence-electron chi connectivity index (χ3n) is 3.90. The standard InChI is InChI=1S/C16H18ClN5O3/c1-18-16(24)12-6-10(20-8-21-12)11-4-9(5-14(17)22-11)15-13(7-23)19-2-3-25-15/h4-6,8,13,15,19,23H,2-3,7H2,1H3,(H,18,24)/t13-,15-/m1/s1. The van der Waals surface area contributed by atoms with Crippen molar-refractivity contribution in [3.05, 3.63) is 40.9 Å². The maximum absolute atomic E-state index is 11.8. The van der Waals surface area contributed by atoms with E-state index >= 15 is 0 Å². The number of aromatic nitrogens is 3. The van der Waals surface area contributed by atoms with Crippen molar-refractivity contribution in [2.75, 3.05) is 26.8 Å². The fourth-order valence-corrected chi connectivity index (χ4v) is 2.92. The van der Waals surface area contributed by atoms with E-state index in [0.29, 0.717) is 24.5 Å². The van der Waals surface area contributed by atoms with Gasteiger partial charge in [-0.25, -0.2) is 15.0 Å². The minimum Gasteiger partial charge on any atom is -0.395 e. The van der Waals surface area contributed by atoms with Gasteiger partial charge >= 0.3 is 0 Å². The zero-order chi connectivity index (χ0) is 17.8. The van der Waals surface area contributed by atoms with Gasteiger partial charge in [-0.05, 0) is 23.8 Å². The number of halogens is 1. The number of nitrogens with one attached hydrogen (secondary N) is 2. The van der Waals surface area contributed by atoms with E-state index in [-0.39, 0.29) is 35.5 Å².